The number of anilines is 3. The van der Waals surface area contributed by atoms with Crippen LogP contribution < -0.4 is 4.90 Å². The Labute approximate surface area is 291 Å². The van der Waals surface area contributed by atoms with Gasteiger partial charge in [-0.1, -0.05) is 121 Å². The molecule has 2 heterocycles. The van der Waals surface area contributed by atoms with E-state index in [1.54, 1.807) is 11.3 Å². The smallest absolute Gasteiger partial charge is 0.124 e. The van der Waals surface area contributed by atoms with Crippen molar-refractivity contribution < 1.29 is 0 Å². The number of hydrogen-bond acceptors (Lipinski definition) is 4. The highest BCUT2D eigenvalue weighted by atomic mass is 32.1. The van der Waals surface area contributed by atoms with Gasteiger partial charge in [-0.15, -0.1) is 22.7 Å². The first-order chi connectivity index (χ1) is 24.3. The number of thiophene rings is 1. The molecule has 0 atom stereocenters. The lowest BCUT2D eigenvalue weighted by atomic mass is 9.98. The molecule has 0 saturated carbocycles. The fraction of sp³-hybridized carbons (Fsp3) is 0. The summed E-state index contributed by atoms with van der Waals surface area (Å²) in [5, 5.41) is 8.61. The van der Waals surface area contributed by atoms with Crippen LogP contribution in [0.4, 0.5) is 17.1 Å². The predicted octanol–water partition coefficient (Wildman–Crippen LogP) is 13.8. The van der Waals surface area contributed by atoms with E-state index in [-0.39, 0.29) is 0 Å². The molecule has 0 N–H and O–H groups in total. The van der Waals surface area contributed by atoms with Crippen molar-refractivity contribution in [3.63, 3.8) is 0 Å². The van der Waals surface area contributed by atoms with Crippen molar-refractivity contribution in [2.45, 2.75) is 0 Å². The molecule has 0 aliphatic carbocycles. The van der Waals surface area contributed by atoms with Crippen LogP contribution in [0.25, 0.3) is 73.6 Å². The third-order valence-corrected chi connectivity index (χ3v) is 11.7. The quantitative estimate of drug-likeness (QED) is 0.171. The average molecular weight is 661 g/mol. The Hall–Kier alpha value is -5.81. The maximum Gasteiger partial charge on any atom is 0.124 e. The van der Waals surface area contributed by atoms with Gasteiger partial charge in [0.2, 0.25) is 0 Å². The minimum absolute atomic E-state index is 1.04. The number of aromatic nitrogens is 1. The SMILES string of the molecule is c1ccc(-c2nc3ccc4ccc5ccc(N(c6ccccc6)c6ccccc6-c6ccc7c(c6)sc6ccccc67)cc5c4c3s2)cc1. The molecule has 8 aromatic carbocycles. The van der Waals surface area contributed by atoms with Gasteiger partial charge >= 0.3 is 0 Å². The van der Waals surface area contributed by atoms with Crippen LogP contribution in [0, 0.1) is 0 Å². The van der Waals surface area contributed by atoms with Gasteiger partial charge in [0.25, 0.3) is 0 Å². The van der Waals surface area contributed by atoms with Gasteiger partial charge in [0.15, 0.2) is 0 Å². The maximum atomic E-state index is 5.08. The molecule has 0 amide bonds. The molecule has 0 aliphatic heterocycles. The van der Waals surface area contributed by atoms with Gasteiger partial charge in [0.1, 0.15) is 5.01 Å². The Morgan fingerprint density at radius 3 is 2.06 bits per heavy atom. The lowest BCUT2D eigenvalue weighted by Gasteiger charge is -2.28. The molecular formula is C45H28N2S2. The number of nitrogens with zero attached hydrogens (tertiary/aromatic N) is 2. The number of rotatable bonds is 5. The molecule has 0 spiro atoms. The van der Waals surface area contributed by atoms with Crippen LogP contribution in [-0.4, -0.2) is 4.98 Å². The van der Waals surface area contributed by atoms with Crippen LogP contribution in [-0.2, 0) is 0 Å². The van der Waals surface area contributed by atoms with Gasteiger partial charge in [0, 0.05) is 48.1 Å². The van der Waals surface area contributed by atoms with E-state index in [0.717, 1.165) is 33.1 Å². The van der Waals surface area contributed by atoms with Gasteiger partial charge in [0.05, 0.1) is 15.9 Å². The topological polar surface area (TPSA) is 16.1 Å². The zero-order valence-corrected chi connectivity index (χ0v) is 28.0. The first-order valence-corrected chi connectivity index (χ1v) is 18.1. The molecule has 0 fully saturated rings. The van der Waals surface area contributed by atoms with Gasteiger partial charge < -0.3 is 4.90 Å². The summed E-state index contributed by atoms with van der Waals surface area (Å²) in [6.45, 7) is 0. The second-order valence-electron chi connectivity index (χ2n) is 12.4. The number of para-hydroxylation sites is 2. The predicted molar refractivity (Wildman–Crippen MR) is 213 cm³/mol. The molecule has 0 unspecified atom stereocenters. The van der Waals surface area contributed by atoms with Gasteiger partial charge in [-0.3, -0.25) is 0 Å². The van der Waals surface area contributed by atoms with Crippen molar-refractivity contribution in [1.29, 1.82) is 0 Å². The number of hydrogen-bond donors (Lipinski definition) is 0. The Bertz CT molecular complexity index is 2830. The van der Waals surface area contributed by atoms with Crippen molar-refractivity contribution in [1.82, 2.24) is 4.98 Å². The Morgan fingerprint density at radius 2 is 1.16 bits per heavy atom. The zero-order valence-electron chi connectivity index (χ0n) is 26.4. The van der Waals surface area contributed by atoms with Crippen molar-refractivity contribution in [2.24, 2.45) is 0 Å². The Balaban J connectivity index is 1.19. The van der Waals surface area contributed by atoms with Crippen molar-refractivity contribution >= 4 is 91.7 Å². The molecule has 2 aromatic heterocycles. The summed E-state index contributed by atoms with van der Waals surface area (Å²) in [5.41, 5.74) is 7.97. The summed E-state index contributed by atoms with van der Waals surface area (Å²) >= 11 is 3.64. The molecule has 10 rings (SSSR count). The van der Waals surface area contributed by atoms with Crippen LogP contribution >= 0.6 is 22.7 Å². The summed E-state index contributed by atoms with van der Waals surface area (Å²) in [4.78, 5) is 7.49. The second-order valence-corrected chi connectivity index (χ2v) is 14.4. The Kier molecular flexibility index (Phi) is 6.57. The van der Waals surface area contributed by atoms with E-state index >= 15 is 0 Å². The summed E-state index contributed by atoms with van der Waals surface area (Å²) in [6.07, 6.45) is 0. The molecule has 10 aromatic rings. The monoisotopic (exact) mass is 660 g/mol. The van der Waals surface area contributed by atoms with Crippen molar-refractivity contribution in [3.05, 3.63) is 170 Å². The second kappa shape index (κ2) is 11.4. The first-order valence-electron chi connectivity index (χ1n) is 16.5. The normalized spacial score (nSPS) is 11.7. The summed E-state index contributed by atoms with van der Waals surface area (Å²) in [6, 6.07) is 61.4. The fourth-order valence-corrected chi connectivity index (χ4v) is 9.45. The van der Waals surface area contributed by atoms with E-state index in [0.29, 0.717) is 0 Å². The fourth-order valence-electron chi connectivity index (χ4n) is 7.16. The van der Waals surface area contributed by atoms with Crippen LogP contribution in [0.1, 0.15) is 0 Å². The standard InChI is InChI=1S/C45H28N2S2/c1-3-11-31(12-4-1)45-46-39-26-23-30-20-19-29-21-24-34(28-38(29)43(30)44(39)49-45)47(33-13-5-2-6-14-33)40-17-9-7-15-35(40)32-22-25-37-36-16-8-10-18-41(36)48-42(37)27-32/h1-28H. The minimum atomic E-state index is 1.04. The Morgan fingerprint density at radius 1 is 0.449 bits per heavy atom. The lowest BCUT2D eigenvalue weighted by molar-refractivity contribution is 1.29. The van der Waals surface area contributed by atoms with E-state index < -0.39 is 0 Å². The molecule has 0 radical (unpaired) electrons. The molecular weight excluding hydrogens is 633 g/mol. The zero-order chi connectivity index (χ0) is 32.3. The van der Waals surface area contributed by atoms with E-state index in [1.807, 2.05) is 11.3 Å². The lowest BCUT2D eigenvalue weighted by Crippen LogP contribution is -2.11. The molecule has 2 nitrogen and oxygen atoms in total. The molecule has 230 valence electrons. The molecule has 0 aliphatic rings. The summed E-state index contributed by atoms with van der Waals surface area (Å²) < 4.78 is 3.85. The van der Waals surface area contributed by atoms with Gasteiger partial charge in [-0.05, 0) is 70.3 Å². The molecule has 0 bridgehead atoms. The third-order valence-electron chi connectivity index (χ3n) is 9.47. The molecule has 0 saturated heterocycles. The maximum absolute atomic E-state index is 5.08. The van der Waals surface area contributed by atoms with Crippen LogP contribution in [0.2, 0.25) is 0 Å². The third kappa shape index (κ3) is 4.72. The largest absolute Gasteiger partial charge is 0.310 e. The molecule has 49 heavy (non-hydrogen) atoms. The highest BCUT2D eigenvalue weighted by molar-refractivity contribution is 7.25. The highest BCUT2D eigenvalue weighted by Gasteiger charge is 2.19. The van der Waals surface area contributed by atoms with E-state index in [9.17, 15) is 0 Å². The highest BCUT2D eigenvalue weighted by Crippen LogP contribution is 2.45. The average Bonchev–Trinajstić information content (AvgIpc) is 3.77. The van der Waals surface area contributed by atoms with Crippen LogP contribution in [0.3, 0.4) is 0 Å². The van der Waals surface area contributed by atoms with Crippen molar-refractivity contribution in [2.75, 3.05) is 4.90 Å². The number of thiazole rings is 1. The van der Waals surface area contributed by atoms with Crippen molar-refractivity contribution in [3.8, 4) is 21.7 Å². The number of fused-ring (bicyclic) bond motifs is 8. The number of benzene rings is 8. The van der Waals surface area contributed by atoms with Gasteiger partial charge in [-0.25, -0.2) is 4.98 Å². The minimum Gasteiger partial charge on any atom is -0.310 e. The van der Waals surface area contributed by atoms with E-state index in [4.69, 9.17) is 4.98 Å². The van der Waals surface area contributed by atoms with Gasteiger partial charge in [-0.2, -0.15) is 0 Å². The van der Waals surface area contributed by atoms with E-state index in [1.165, 1.54) is 57.5 Å². The van der Waals surface area contributed by atoms with E-state index in [2.05, 4.69) is 175 Å². The summed E-state index contributed by atoms with van der Waals surface area (Å²) in [5.74, 6) is 0. The summed E-state index contributed by atoms with van der Waals surface area (Å²) in [7, 11) is 0. The first kappa shape index (κ1) is 28.2. The van der Waals surface area contributed by atoms with Crippen LogP contribution in [0.5, 0.6) is 0 Å². The molecule has 4 heteroatoms. The van der Waals surface area contributed by atoms with Crippen LogP contribution in [0.15, 0.2) is 170 Å².